The minimum atomic E-state index is -0.455. The molecule has 1 aliphatic heterocycles. The molecular weight excluding hydrogens is 440 g/mol. The van der Waals surface area contributed by atoms with Crippen LogP contribution in [0.15, 0.2) is 77.4 Å². The predicted octanol–water partition coefficient (Wildman–Crippen LogP) is 5.72. The quantitative estimate of drug-likeness (QED) is 0.328. The fourth-order valence-electron chi connectivity index (χ4n) is 4.01. The summed E-state index contributed by atoms with van der Waals surface area (Å²) in [4.78, 5) is 25.7. The third-order valence-corrected chi connectivity index (χ3v) is 5.53. The highest BCUT2D eigenvalue weighted by Crippen LogP contribution is 2.31. The van der Waals surface area contributed by atoms with Crippen LogP contribution in [-0.4, -0.2) is 29.1 Å². The molecule has 0 saturated carbocycles. The van der Waals surface area contributed by atoms with Crippen molar-refractivity contribution in [2.24, 2.45) is 5.10 Å². The highest BCUT2D eigenvalue weighted by Gasteiger charge is 2.33. The van der Waals surface area contributed by atoms with Crippen LogP contribution in [0.1, 0.15) is 46.5 Å². The van der Waals surface area contributed by atoms with Crippen LogP contribution >= 0.6 is 0 Å². The first-order valence-corrected chi connectivity index (χ1v) is 11.5. The van der Waals surface area contributed by atoms with Gasteiger partial charge in [0, 0.05) is 5.56 Å². The monoisotopic (exact) mass is 468 g/mol. The average Bonchev–Trinajstić information content (AvgIpc) is 3.11. The molecule has 6 heteroatoms. The summed E-state index contributed by atoms with van der Waals surface area (Å²) < 4.78 is 11.9. The second kappa shape index (κ2) is 10.4. The number of amides is 2. The molecule has 0 aliphatic carbocycles. The zero-order valence-corrected chi connectivity index (χ0v) is 20.4. The van der Waals surface area contributed by atoms with E-state index in [1.165, 1.54) is 11.1 Å². The minimum absolute atomic E-state index is 0.362. The first-order chi connectivity index (χ1) is 16.9. The van der Waals surface area contributed by atoms with E-state index in [-0.39, 0.29) is 0 Å². The Morgan fingerprint density at radius 3 is 2.31 bits per heavy atom. The first kappa shape index (κ1) is 24.0. The molecular formula is C29H28N2O4. The maximum absolute atomic E-state index is 13.0. The van der Waals surface area contributed by atoms with Crippen LogP contribution in [-0.2, 0) is 11.4 Å². The van der Waals surface area contributed by atoms with Crippen LogP contribution in [0.5, 0.6) is 11.5 Å². The van der Waals surface area contributed by atoms with E-state index in [1.54, 1.807) is 37.3 Å². The molecule has 0 unspecified atom stereocenters. The maximum atomic E-state index is 13.0. The lowest BCUT2D eigenvalue weighted by Gasteiger charge is -2.14. The Morgan fingerprint density at radius 1 is 0.914 bits per heavy atom. The fraction of sp³-hybridized carbons (Fsp3) is 0.207. The molecule has 0 saturated heterocycles. The number of ether oxygens (including phenoxy) is 2. The van der Waals surface area contributed by atoms with Crippen LogP contribution in [0.2, 0.25) is 0 Å². The number of benzene rings is 3. The van der Waals surface area contributed by atoms with E-state index >= 15 is 0 Å². The van der Waals surface area contributed by atoms with E-state index in [1.807, 2.05) is 31.2 Å². The number of hydrogen-bond acceptors (Lipinski definition) is 5. The van der Waals surface area contributed by atoms with Gasteiger partial charge in [0.1, 0.15) is 6.61 Å². The van der Waals surface area contributed by atoms with Crippen molar-refractivity contribution in [3.8, 4) is 11.5 Å². The Morgan fingerprint density at radius 2 is 1.63 bits per heavy atom. The third kappa shape index (κ3) is 5.49. The molecule has 178 valence electrons. The molecule has 4 rings (SSSR count). The van der Waals surface area contributed by atoms with E-state index in [0.29, 0.717) is 41.6 Å². The highest BCUT2D eigenvalue weighted by molar-refractivity contribution is 6.30. The lowest BCUT2D eigenvalue weighted by atomic mass is 10.1. The number of rotatable bonds is 7. The molecule has 0 fully saturated rings. The molecule has 0 atom stereocenters. The number of aryl methyl sites for hydroxylation is 2. The van der Waals surface area contributed by atoms with Gasteiger partial charge in [-0.15, -0.1) is 0 Å². The van der Waals surface area contributed by atoms with Crippen molar-refractivity contribution in [3.63, 3.8) is 0 Å². The van der Waals surface area contributed by atoms with Crippen LogP contribution in [0.3, 0.4) is 0 Å². The zero-order valence-electron chi connectivity index (χ0n) is 20.4. The summed E-state index contributed by atoms with van der Waals surface area (Å²) in [6, 6.07) is 20.5. The van der Waals surface area contributed by atoms with Gasteiger partial charge in [-0.05, 0) is 69.2 Å². The zero-order chi connectivity index (χ0) is 24.9. The van der Waals surface area contributed by atoms with Crippen molar-refractivity contribution in [2.75, 3.05) is 6.61 Å². The molecule has 35 heavy (non-hydrogen) atoms. The first-order valence-electron chi connectivity index (χ1n) is 11.5. The third-order valence-electron chi connectivity index (χ3n) is 5.53. The normalized spacial score (nSPS) is 14.3. The van der Waals surface area contributed by atoms with Gasteiger partial charge in [0.25, 0.3) is 11.8 Å². The van der Waals surface area contributed by atoms with Gasteiger partial charge in [0.2, 0.25) is 0 Å². The Kier molecular flexibility index (Phi) is 7.11. The van der Waals surface area contributed by atoms with Gasteiger partial charge in [0.05, 0.1) is 17.9 Å². The number of imide groups is 1. The summed E-state index contributed by atoms with van der Waals surface area (Å²) in [6.45, 7) is 8.64. The smallest absolute Gasteiger partial charge is 0.283 e. The van der Waals surface area contributed by atoms with Crippen LogP contribution in [0, 0.1) is 13.8 Å². The van der Waals surface area contributed by atoms with Crippen LogP contribution < -0.4 is 9.47 Å². The molecule has 3 aromatic carbocycles. The van der Waals surface area contributed by atoms with Crippen molar-refractivity contribution in [3.05, 3.63) is 100 Å². The van der Waals surface area contributed by atoms with Crippen molar-refractivity contribution in [2.45, 2.75) is 34.3 Å². The molecule has 0 radical (unpaired) electrons. The Balaban J connectivity index is 1.55. The standard InChI is InChI=1S/C29H28N2O4/c1-5-34-27-17-22(11-12-26(27)35-18-23-14-19(2)13-20(3)15-23)16-25-21(4)30-31(29(25)33)28(32)24-9-7-6-8-10-24/h6-17H,5,18H2,1-4H3/b25-16+. The lowest BCUT2D eigenvalue weighted by molar-refractivity contribution is -0.123. The summed E-state index contributed by atoms with van der Waals surface area (Å²) in [7, 11) is 0. The van der Waals surface area contributed by atoms with Gasteiger partial charge in [-0.2, -0.15) is 10.1 Å². The summed E-state index contributed by atoms with van der Waals surface area (Å²) >= 11 is 0. The van der Waals surface area contributed by atoms with Crippen molar-refractivity contribution < 1.29 is 19.1 Å². The topological polar surface area (TPSA) is 68.2 Å². The Hall–Kier alpha value is -4.19. The SMILES string of the molecule is CCOc1cc(/C=C2/C(=O)N(C(=O)c3ccccc3)N=C2C)ccc1OCc1cc(C)cc(C)c1. The summed E-state index contributed by atoms with van der Waals surface area (Å²) in [6.07, 6.45) is 1.72. The molecule has 0 N–H and O–H groups in total. The maximum Gasteiger partial charge on any atom is 0.283 e. The van der Waals surface area contributed by atoms with E-state index in [9.17, 15) is 9.59 Å². The number of hydrogen-bond donors (Lipinski definition) is 0. The molecule has 3 aromatic rings. The molecule has 1 heterocycles. The Labute approximate surface area is 205 Å². The summed E-state index contributed by atoms with van der Waals surface area (Å²) in [5.74, 6) is 0.300. The molecule has 6 nitrogen and oxygen atoms in total. The van der Waals surface area contributed by atoms with E-state index in [0.717, 1.165) is 16.1 Å². The highest BCUT2D eigenvalue weighted by atomic mass is 16.5. The number of nitrogens with zero attached hydrogens (tertiary/aromatic N) is 2. The summed E-state index contributed by atoms with van der Waals surface area (Å²) in [5, 5.41) is 5.12. The lowest BCUT2D eigenvalue weighted by Crippen LogP contribution is -2.29. The van der Waals surface area contributed by atoms with Gasteiger partial charge < -0.3 is 9.47 Å². The van der Waals surface area contributed by atoms with Gasteiger partial charge in [-0.3, -0.25) is 9.59 Å². The van der Waals surface area contributed by atoms with Crippen molar-refractivity contribution in [1.82, 2.24) is 5.01 Å². The van der Waals surface area contributed by atoms with E-state index in [2.05, 4.69) is 37.1 Å². The minimum Gasteiger partial charge on any atom is -0.490 e. The van der Waals surface area contributed by atoms with Crippen molar-refractivity contribution in [1.29, 1.82) is 0 Å². The largest absolute Gasteiger partial charge is 0.490 e. The van der Waals surface area contributed by atoms with Crippen LogP contribution in [0.25, 0.3) is 6.08 Å². The predicted molar refractivity (Wildman–Crippen MR) is 137 cm³/mol. The molecule has 2 amide bonds. The molecule has 0 spiro atoms. The van der Waals surface area contributed by atoms with Gasteiger partial charge >= 0.3 is 0 Å². The molecule has 1 aliphatic rings. The fourth-order valence-corrected chi connectivity index (χ4v) is 4.01. The van der Waals surface area contributed by atoms with Gasteiger partial charge in [0.15, 0.2) is 11.5 Å². The molecule has 0 bridgehead atoms. The average molecular weight is 469 g/mol. The number of carbonyl (C=O) groups is 2. The second-order valence-corrected chi connectivity index (χ2v) is 8.46. The molecule has 0 aromatic heterocycles. The van der Waals surface area contributed by atoms with Crippen molar-refractivity contribution >= 4 is 23.6 Å². The van der Waals surface area contributed by atoms with Gasteiger partial charge in [-0.1, -0.05) is 53.6 Å². The second-order valence-electron chi connectivity index (χ2n) is 8.46. The van der Waals surface area contributed by atoms with Gasteiger partial charge in [-0.25, -0.2) is 0 Å². The van der Waals surface area contributed by atoms with E-state index < -0.39 is 11.8 Å². The van der Waals surface area contributed by atoms with E-state index in [4.69, 9.17) is 9.47 Å². The number of hydrazone groups is 1. The van der Waals surface area contributed by atoms with Crippen LogP contribution in [0.4, 0.5) is 0 Å². The summed E-state index contributed by atoms with van der Waals surface area (Å²) in [5.41, 5.74) is 5.46. The Bertz CT molecular complexity index is 1310. The number of carbonyl (C=O) groups excluding carboxylic acids is 2.